The first-order chi connectivity index (χ1) is 9.00. The number of carboxylic acid groups (broad SMARTS) is 1. The highest BCUT2D eigenvalue weighted by Gasteiger charge is 2.30. The van der Waals surface area contributed by atoms with Gasteiger partial charge in [0.15, 0.2) is 0 Å². The van der Waals surface area contributed by atoms with E-state index in [1.165, 1.54) is 17.0 Å². The summed E-state index contributed by atoms with van der Waals surface area (Å²) in [6, 6.07) is 4.03. The van der Waals surface area contributed by atoms with Gasteiger partial charge < -0.3 is 10.0 Å². The molecule has 1 fully saturated rings. The number of carbonyl (C=O) groups is 2. The maximum Gasteiger partial charge on any atom is 0.308 e. The molecule has 1 aromatic rings. The molecule has 1 saturated heterocycles. The summed E-state index contributed by atoms with van der Waals surface area (Å²) in [5.41, 5.74) is -0.185. The number of carboxylic acids is 1. The van der Waals surface area contributed by atoms with Crippen molar-refractivity contribution in [2.24, 2.45) is 5.92 Å². The predicted molar refractivity (Wildman–Crippen MR) is 67.7 cm³/mol. The molecular formula is C13H13ClFNO3. The summed E-state index contributed by atoms with van der Waals surface area (Å²) in [5.74, 6) is -2.76. The van der Waals surface area contributed by atoms with Crippen LogP contribution in [0.2, 0.25) is 5.02 Å². The number of halogens is 2. The second-order valence-electron chi connectivity index (χ2n) is 4.53. The lowest BCUT2D eigenvalue weighted by Gasteiger charge is -2.31. The van der Waals surface area contributed by atoms with Crippen molar-refractivity contribution < 1.29 is 19.1 Å². The summed E-state index contributed by atoms with van der Waals surface area (Å²) in [6.07, 6.45) is 1.12. The summed E-state index contributed by atoms with van der Waals surface area (Å²) >= 11 is 5.84. The number of rotatable bonds is 2. The van der Waals surface area contributed by atoms with Crippen LogP contribution in [0.15, 0.2) is 18.2 Å². The number of piperidine rings is 1. The molecule has 6 heteroatoms. The van der Waals surface area contributed by atoms with Crippen molar-refractivity contribution in [3.8, 4) is 0 Å². The van der Waals surface area contributed by atoms with Crippen molar-refractivity contribution in [1.82, 2.24) is 4.90 Å². The Balaban J connectivity index is 2.22. The number of aliphatic carboxylic acids is 1. The smallest absolute Gasteiger partial charge is 0.308 e. The van der Waals surface area contributed by atoms with Gasteiger partial charge in [0, 0.05) is 13.1 Å². The van der Waals surface area contributed by atoms with Crippen LogP contribution in [0.5, 0.6) is 0 Å². The monoisotopic (exact) mass is 285 g/mol. The van der Waals surface area contributed by atoms with Crippen molar-refractivity contribution in [1.29, 1.82) is 0 Å². The molecule has 0 radical (unpaired) electrons. The highest BCUT2D eigenvalue weighted by Crippen LogP contribution is 2.24. The minimum absolute atomic E-state index is 0.0439. The normalized spacial score (nSPS) is 19.3. The molecule has 19 heavy (non-hydrogen) atoms. The molecule has 1 aliphatic heterocycles. The Labute approximate surface area is 114 Å². The van der Waals surface area contributed by atoms with Gasteiger partial charge in [-0.2, -0.15) is 0 Å². The number of likely N-dealkylation sites (tertiary alicyclic amines) is 1. The van der Waals surface area contributed by atoms with Crippen LogP contribution in [0.4, 0.5) is 4.39 Å². The van der Waals surface area contributed by atoms with E-state index in [0.29, 0.717) is 19.4 Å². The van der Waals surface area contributed by atoms with Gasteiger partial charge in [-0.15, -0.1) is 0 Å². The van der Waals surface area contributed by atoms with Crippen molar-refractivity contribution in [2.45, 2.75) is 12.8 Å². The van der Waals surface area contributed by atoms with E-state index < -0.39 is 23.6 Å². The van der Waals surface area contributed by atoms with Gasteiger partial charge in [0.1, 0.15) is 5.82 Å². The van der Waals surface area contributed by atoms with E-state index in [1.807, 2.05) is 0 Å². The largest absolute Gasteiger partial charge is 0.481 e. The summed E-state index contributed by atoms with van der Waals surface area (Å²) in [4.78, 5) is 24.5. The first-order valence-corrected chi connectivity index (χ1v) is 6.34. The number of nitrogens with zero attached hydrogens (tertiary/aromatic N) is 1. The molecule has 1 aromatic carbocycles. The van der Waals surface area contributed by atoms with E-state index >= 15 is 0 Å². The van der Waals surface area contributed by atoms with E-state index in [2.05, 4.69) is 0 Å². The van der Waals surface area contributed by atoms with Gasteiger partial charge in [-0.25, -0.2) is 4.39 Å². The van der Waals surface area contributed by atoms with Crippen molar-refractivity contribution >= 4 is 23.5 Å². The minimum Gasteiger partial charge on any atom is -0.481 e. The second kappa shape index (κ2) is 5.57. The fraction of sp³-hybridized carbons (Fsp3) is 0.385. The Morgan fingerprint density at radius 1 is 1.42 bits per heavy atom. The topological polar surface area (TPSA) is 57.6 Å². The van der Waals surface area contributed by atoms with Crippen molar-refractivity contribution in [2.75, 3.05) is 13.1 Å². The van der Waals surface area contributed by atoms with Gasteiger partial charge in [0.25, 0.3) is 5.91 Å². The zero-order valence-corrected chi connectivity index (χ0v) is 10.9. The Morgan fingerprint density at radius 2 is 2.16 bits per heavy atom. The van der Waals surface area contributed by atoms with Crippen LogP contribution in [-0.2, 0) is 4.79 Å². The van der Waals surface area contributed by atoms with Crippen molar-refractivity contribution in [3.05, 3.63) is 34.6 Å². The van der Waals surface area contributed by atoms with Crippen molar-refractivity contribution in [3.63, 3.8) is 0 Å². The molecule has 1 amide bonds. The Hall–Kier alpha value is -1.62. The molecule has 102 valence electrons. The molecule has 1 heterocycles. The highest BCUT2D eigenvalue weighted by atomic mass is 35.5. The van der Waals surface area contributed by atoms with Crippen LogP contribution < -0.4 is 0 Å². The van der Waals surface area contributed by atoms with Gasteiger partial charge in [0.2, 0.25) is 0 Å². The van der Waals surface area contributed by atoms with E-state index in [-0.39, 0.29) is 17.1 Å². The van der Waals surface area contributed by atoms with Crippen LogP contribution in [0.3, 0.4) is 0 Å². The number of carbonyl (C=O) groups excluding carboxylic acids is 1. The average molecular weight is 286 g/mol. The Kier molecular flexibility index (Phi) is 4.04. The molecule has 0 bridgehead atoms. The molecule has 0 aromatic heterocycles. The van der Waals surface area contributed by atoms with E-state index in [0.717, 1.165) is 6.07 Å². The lowest BCUT2D eigenvalue weighted by atomic mass is 9.97. The van der Waals surface area contributed by atoms with Crippen LogP contribution in [0, 0.1) is 11.7 Å². The zero-order valence-electron chi connectivity index (χ0n) is 10.1. The van der Waals surface area contributed by atoms with Crippen LogP contribution in [0.25, 0.3) is 0 Å². The third kappa shape index (κ3) is 2.87. The molecule has 0 saturated carbocycles. The molecule has 0 spiro atoms. The number of benzene rings is 1. The summed E-state index contributed by atoms with van der Waals surface area (Å²) in [5, 5.41) is 9.02. The quantitative estimate of drug-likeness (QED) is 0.908. The van der Waals surface area contributed by atoms with Gasteiger partial charge in [-0.05, 0) is 25.0 Å². The third-order valence-corrected chi connectivity index (χ3v) is 3.55. The van der Waals surface area contributed by atoms with E-state index in [4.69, 9.17) is 16.7 Å². The molecule has 1 atom stereocenters. The number of hydrogen-bond acceptors (Lipinski definition) is 2. The van der Waals surface area contributed by atoms with Crippen LogP contribution in [0.1, 0.15) is 23.2 Å². The minimum atomic E-state index is -0.933. The lowest BCUT2D eigenvalue weighted by Crippen LogP contribution is -2.42. The van der Waals surface area contributed by atoms with Crippen LogP contribution in [-0.4, -0.2) is 35.0 Å². The number of amides is 1. The molecule has 4 nitrogen and oxygen atoms in total. The fourth-order valence-electron chi connectivity index (χ4n) is 2.22. The SMILES string of the molecule is O=C(O)C1CCCN(C(=O)c2c(F)cccc2Cl)C1. The van der Waals surface area contributed by atoms with E-state index in [9.17, 15) is 14.0 Å². The summed E-state index contributed by atoms with van der Waals surface area (Å²) < 4.78 is 13.7. The standard InChI is InChI=1S/C13H13ClFNO3/c14-9-4-1-5-10(15)11(9)12(17)16-6-2-3-8(7-16)13(18)19/h1,4-5,8H,2-3,6-7H2,(H,18,19). The number of hydrogen-bond donors (Lipinski definition) is 1. The maximum absolute atomic E-state index is 13.7. The Morgan fingerprint density at radius 3 is 2.79 bits per heavy atom. The molecule has 0 aliphatic carbocycles. The van der Waals surface area contributed by atoms with Gasteiger partial charge in [-0.3, -0.25) is 9.59 Å². The molecule has 2 rings (SSSR count). The second-order valence-corrected chi connectivity index (χ2v) is 4.93. The lowest BCUT2D eigenvalue weighted by molar-refractivity contribution is -0.143. The van der Waals surface area contributed by atoms with Gasteiger partial charge in [0.05, 0.1) is 16.5 Å². The summed E-state index contributed by atoms with van der Waals surface area (Å²) in [6.45, 7) is 0.520. The Bertz CT molecular complexity index is 500. The van der Waals surface area contributed by atoms with Gasteiger partial charge in [-0.1, -0.05) is 17.7 Å². The molecule has 1 aliphatic rings. The third-order valence-electron chi connectivity index (χ3n) is 3.23. The average Bonchev–Trinajstić information content (AvgIpc) is 2.38. The molecular weight excluding hydrogens is 273 g/mol. The van der Waals surface area contributed by atoms with Crippen LogP contribution >= 0.6 is 11.6 Å². The van der Waals surface area contributed by atoms with Gasteiger partial charge >= 0.3 is 5.97 Å². The summed E-state index contributed by atoms with van der Waals surface area (Å²) in [7, 11) is 0. The first kappa shape index (κ1) is 13.8. The first-order valence-electron chi connectivity index (χ1n) is 5.97. The maximum atomic E-state index is 13.7. The van der Waals surface area contributed by atoms with E-state index in [1.54, 1.807) is 0 Å². The fourth-order valence-corrected chi connectivity index (χ4v) is 2.47. The highest BCUT2D eigenvalue weighted by molar-refractivity contribution is 6.33. The molecule has 1 N–H and O–H groups in total. The molecule has 1 unspecified atom stereocenters. The predicted octanol–water partition coefficient (Wildman–Crippen LogP) is 2.42. The zero-order chi connectivity index (χ0) is 14.0.